The van der Waals surface area contributed by atoms with Crippen molar-refractivity contribution in [2.45, 2.75) is 26.7 Å². The Morgan fingerprint density at radius 3 is 2.79 bits per heavy atom. The molecule has 0 aliphatic heterocycles. The van der Waals surface area contributed by atoms with Crippen LogP contribution in [0.4, 0.5) is 0 Å². The van der Waals surface area contributed by atoms with Gasteiger partial charge in [-0.05, 0) is 30.5 Å². The Morgan fingerprint density at radius 1 is 1.11 bits per heavy atom. The molecule has 0 amide bonds. The van der Waals surface area contributed by atoms with Crippen LogP contribution in [-0.4, -0.2) is 23.3 Å². The molecule has 28 heavy (non-hydrogen) atoms. The van der Waals surface area contributed by atoms with Crippen molar-refractivity contribution in [2.75, 3.05) is 6.61 Å². The van der Waals surface area contributed by atoms with Gasteiger partial charge in [0.15, 0.2) is 6.61 Å². The van der Waals surface area contributed by atoms with Crippen LogP contribution in [0.15, 0.2) is 53.3 Å². The molecule has 1 N–H and O–H groups in total. The van der Waals surface area contributed by atoms with Crippen LogP contribution < -0.4 is 0 Å². The van der Waals surface area contributed by atoms with Gasteiger partial charge < -0.3 is 14.1 Å². The van der Waals surface area contributed by atoms with Crippen molar-refractivity contribution in [3.8, 4) is 0 Å². The summed E-state index contributed by atoms with van der Waals surface area (Å²) >= 11 is 0. The van der Waals surface area contributed by atoms with Gasteiger partial charge in [0.2, 0.25) is 5.78 Å². The van der Waals surface area contributed by atoms with E-state index in [1.807, 2.05) is 43.3 Å². The lowest BCUT2D eigenvalue weighted by Gasteiger charge is -2.04. The summed E-state index contributed by atoms with van der Waals surface area (Å²) in [5.74, 6) is -0.675. The number of Topliss-reactive ketones (excluding diaryl/α,β-unsaturated/α-hetero) is 1. The predicted molar refractivity (Wildman–Crippen MR) is 108 cm³/mol. The van der Waals surface area contributed by atoms with Gasteiger partial charge in [-0.15, -0.1) is 0 Å². The van der Waals surface area contributed by atoms with Gasteiger partial charge >= 0.3 is 5.97 Å². The van der Waals surface area contributed by atoms with E-state index in [9.17, 15) is 9.59 Å². The second kappa shape index (κ2) is 7.35. The first-order chi connectivity index (χ1) is 13.6. The van der Waals surface area contributed by atoms with Crippen molar-refractivity contribution < 1.29 is 18.7 Å². The van der Waals surface area contributed by atoms with E-state index in [0.717, 1.165) is 45.0 Å². The highest BCUT2D eigenvalue weighted by Crippen LogP contribution is 2.24. The van der Waals surface area contributed by atoms with Crippen molar-refractivity contribution in [2.24, 2.45) is 0 Å². The monoisotopic (exact) mass is 375 g/mol. The summed E-state index contributed by atoms with van der Waals surface area (Å²) < 4.78 is 10.7. The van der Waals surface area contributed by atoms with Crippen LogP contribution in [0, 0.1) is 6.92 Å². The molecule has 2 aromatic heterocycles. The highest BCUT2D eigenvalue weighted by atomic mass is 16.5. The lowest BCUT2D eigenvalue weighted by atomic mass is 10.1. The number of ketones is 1. The average Bonchev–Trinajstić information content (AvgIpc) is 3.30. The van der Waals surface area contributed by atoms with Gasteiger partial charge in [-0.25, -0.2) is 0 Å². The van der Waals surface area contributed by atoms with Crippen molar-refractivity contribution in [1.29, 1.82) is 0 Å². The number of rotatable bonds is 6. The summed E-state index contributed by atoms with van der Waals surface area (Å²) in [4.78, 5) is 28.0. The van der Waals surface area contributed by atoms with E-state index in [2.05, 4.69) is 11.9 Å². The lowest BCUT2D eigenvalue weighted by molar-refractivity contribution is -0.141. The normalized spacial score (nSPS) is 11.2. The second-order valence-electron chi connectivity index (χ2n) is 6.92. The second-order valence-corrected chi connectivity index (χ2v) is 6.92. The van der Waals surface area contributed by atoms with Crippen LogP contribution >= 0.6 is 0 Å². The molecule has 5 nitrogen and oxygen atoms in total. The molecular formula is C23H21NO4. The van der Waals surface area contributed by atoms with Gasteiger partial charge in [0.25, 0.3) is 0 Å². The van der Waals surface area contributed by atoms with E-state index < -0.39 is 5.97 Å². The molecule has 0 saturated heterocycles. The molecule has 0 bridgehead atoms. The van der Waals surface area contributed by atoms with Crippen LogP contribution in [-0.2, 0) is 22.4 Å². The third kappa shape index (κ3) is 3.31. The zero-order valence-electron chi connectivity index (χ0n) is 15.9. The van der Waals surface area contributed by atoms with Crippen LogP contribution in [0.5, 0.6) is 0 Å². The maximum atomic E-state index is 12.6. The first-order valence-corrected chi connectivity index (χ1v) is 9.31. The number of fused-ring (bicyclic) bond motifs is 2. The molecule has 4 aromatic rings. The third-order valence-corrected chi connectivity index (χ3v) is 4.99. The SMILES string of the molecule is CCc1cccc2c(C(=O)COC(=O)Cc3coc4cc(C)ccc34)c[nH]c12. The minimum atomic E-state index is -0.453. The number of carbonyl (C=O) groups excluding carboxylic acids is 2. The minimum absolute atomic E-state index is 0.0667. The number of para-hydroxylation sites is 1. The van der Waals surface area contributed by atoms with Gasteiger partial charge in [-0.2, -0.15) is 0 Å². The molecule has 0 saturated carbocycles. The molecular weight excluding hydrogens is 354 g/mol. The highest BCUT2D eigenvalue weighted by molar-refractivity contribution is 6.09. The van der Waals surface area contributed by atoms with Gasteiger partial charge in [-0.3, -0.25) is 9.59 Å². The van der Waals surface area contributed by atoms with E-state index in [0.29, 0.717) is 5.56 Å². The molecule has 0 aliphatic rings. The zero-order valence-corrected chi connectivity index (χ0v) is 15.9. The van der Waals surface area contributed by atoms with Crippen LogP contribution in [0.2, 0.25) is 0 Å². The Labute approximate surface area is 162 Å². The molecule has 4 rings (SSSR count). The lowest BCUT2D eigenvalue weighted by Crippen LogP contribution is -2.15. The molecule has 0 radical (unpaired) electrons. The van der Waals surface area contributed by atoms with Gasteiger partial charge in [0.1, 0.15) is 5.58 Å². The number of H-pyrrole nitrogens is 1. The minimum Gasteiger partial charge on any atom is -0.464 e. The fourth-order valence-electron chi connectivity index (χ4n) is 3.50. The molecule has 5 heteroatoms. The Balaban J connectivity index is 1.44. The number of furan rings is 1. The van der Waals surface area contributed by atoms with E-state index in [4.69, 9.17) is 9.15 Å². The maximum Gasteiger partial charge on any atom is 0.310 e. The first-order valence-electron chi connectivity index (χ1n) is 9.31. The van der Waals surface area contributed by atoms with Crippen LogP contribution in [0.3, 0.4) is 0 Å². The molecule has 2 heterocycles. The largest absolute Gasteiger partial charge is 0.464 e. The fourth-order valence-corrected chi connectivity index (χ4v) is 3.50. The molecule has 0 unspecified atom stereocenters. The van der Waals surface area contributed by atoms with Gasteiger partial charge in [-0.1, -0.05) is 37.3 Å². The fraction of sp³-hybridized carbons (Fsp3) is 0.217. The molecule has 142 valence electrons. The molecule has 0 aliphatic carbocycles. The summed E-state index contributed by atoms with van der Waals surface area (Å²) in [6, 6.07) is 11.7. The van der Waals surface area contributed by atoms with E-state index in [1.165, 1.54) is 0 Å². The summed E-state index contributed by atoms with van der Waals surface area (Å²) in [6.45, 7) is 3.77. The number of hydrogen-bond donors (Lipinski definition) is 1. The number of aromatic nitrogens is 1. The predicted octanol–water partition coefficient (Wildman–Crippen LogP) is 4.75. The molecule has 0 atom stereocenters. The van der Waals surface area contributed by atoms with Crippen LogP contribution in [0.25, 0.3) is 21.9 Å². The number of esters is 1. The Morgan fingerprint density at radius 2 is 1.96 bits per heavy atom. The van der Waals surface area contributed by atoms with Crippen molar-refractivity contribution in [1.82, 2.24) is 4.98 Å². The Kier molecular flexibility index (Phi) is 4.74. The number of benzene rings is 2. The highest BCUT2D eigenvalue weighted by Gasteiger charge is 2.17. The Bertz CT molecular complexity index is 1180. The zero-order chi connectivity index (χ0) is 19.7. The van der Waals surface area contributed by atoms with Crippen molar-refractivity contribution in [3.05, 3.63) is 71.1 Å². The van der Waals surface area contributed by atoms with Crippen molar-refractivity contribution in [3.63, 3.8) is 0 Å². The standard InChI is InChI=1S/C23H21NO4/c1-3-15-5-4-6-18-19(11-24-23(15)18)20(25)13-28-22(26)10-16-12-27-21-9-14(2)7-8-17(16)21/h4-9,11-12,24H,3,10,13H2,1-2H3. The maximum absolute atomic E-state index is 12.6. The van der Waals surface area contributed by atoms with Crippen molar-refractivity contribution >= 4 is 33.6 Å². The number of ether oxygens (including phenoxy) is 1. The topological polar surface area (TPSA) is 72.3 Å². The Hall–Kier alpha value is -3.34. The van der Waals surface area contributed by atoms with E-state index >= 15 is 0 Å². The average molecular weight is 375 g/mol. The summed E-state index contributed by atoms with van der Waals surface area (Å²) in [5, 5.41) is 1.74. The quantitative estimate of drug-likeness (QED) is 0.390. The molecule has 0 spiro atoms. The number of carbonyl (C=O) groups is 2. The van der Waals surface area contributed by atoms with E-state index in [-0.39, 0.29) is 18.8 Å². The third-order valence-electron chi connectivity index (χ3n) is 4.99. The molecule has 2 aromatic carbocycles. The van der Waals surface area contributed by atoms with E-state index in [1.54, 1.807) is 12.5 Å². The van der Waals surface area contributed by atoms with Crippen LogP contribution in [0.1, 0.15) is 34.0 Å². The van der Waals surface area contributed by atoms with Gasteiger partial charge in [0, 0.05) is 33.6 Å². The smallest absolute Gasteiger partial charge is 0.310 e. The number of nitrogens with one attached hydrogen (secondary N) is 1. The van der Waals surface area contributed by atoms with Gasteiger partial charge in [0.05, 0.1) is 12.7 Å². The summed E-state index contributed by atoms with van der Waals surface area (Å²) in [6.07, 6.45) is 4.20. The summed E-state index contributed by atoms with van der Waals surface area (Å²) in [7, 11) is 0. The summed E-state index contributed by atoms with van der Waals surface area (Å²) in [5.41, 5.74) is 5.24. The first kappa shape index (κ1) is 18.0. The number of aryl methyl sites for hydroxylation is 2. The number of hydrogen-bond acceptors (Lipinski definition) is 4. The number of aromatic amines is 1. The molecule has 0 fully saturated rings.